The van der Waals surface area contributed by atoms with Gasteiger partial charge in [-0.1, -0.05) is 30.0 Å². The molecule has 1 aromatic heterocycles. The molecule has 0 bridgehead atoms. The lowest BCUT2D eigenvalue weighted by Crippen LogP contribution is -2.15. The number of aryl methyl sites for hydroxylation is 3. The van der Waals surface area contributed by atoms with Gasteiger partial charge in [0.2, 0.25) is 5.91 Å². The Hall–Kier alpha value is -2.80. The number of methoxy groups -OCH3 is 1. The van der Waals surface area contributed by atoms with Gasteiger partial charge in [0.05, 0.1) is 18.6 Å². The van der Waals surface area contributed by atoms with Gasteiger partial charge in [-0.15, -0.1) is 10.2 Å². The van der Waals surface area contributed by atoms with Crippen LogP contribution in [-0.2, 0) is 4.79 Å². The predicted octanol–water partition coefficient (Wildman–Crippen LogP) is 3.93. The standard InChI is InChI=1S/C20H22N4O2S/c1-13-9-10-16(11-14(13)2)24-15(3)22-23-20(24)27-12-19(25)21-17-7-5-6-8-18(17)26-4/h5-11H,12H2,1-4H3,(H,21,25). The molecule has 0 atom stereocenters. The summed E-state index contributed by atoms with van der Waals surface area (Å²) in [6, 6.07) is 13.5. The molecule has 0 aliphatic rings. The highest BCUT2D eigenvalue weighted by molar-refractivity contribution is 7.99. The fourth-order valence-electron chi connectivity index (χ4n) is 2.66. The molecule has 0 aliphatic heterocycles. The fraction of sp³-hybridized carbons (Fsp3) is 0.250. The van der Waals surface area contributed by atoms with E-state index in [0.29, 0.717) is 16.6 Å². The van der Waals surface area contributed by atoms with Crippen molar-refractivity contribution in [3.05, 3.63) is 59.4 Å². The smallest absolute Gasteiger partial charge is 0.234 e. The van der Waals surface area contributed by atoms with Gasteiger partial charge in [0.1, 0.15) is 11.6 Å². The van der Waals surface area contributed by atoms with Crippen molar-refractivity contribution in [1.29, 1.82) is 0 Å². The molecule has 1 heterocycles. The number of nitrogens with zero attached hydrogens (tertiary/aromatic N) is 3. The van der Waals surface area contributed by atoms with Crippen LogP contribution in [0.5, 0.6) is 5.75 Å². The molecule has 0 spiro atoms. The van der Waals surface area contributed by atoms with E-state index in [-0.39, 0.29) is 11.7 Å². The van der Waals surface area contributed by atoms with E-state index in [1.165, 1.54) is 22.9 Å². The first-order valence-corrected chi connectivity index (χ1v) is 9.53. The topological polar surface area (TPSA) is 69.0 Å². The minimum atomic E-state index is -0.128. The summed E-state index contributed by atoms with van der Waals surface area (Å²) >= 11 is 1.35. The van der Waals surface area contributed by atoms with Crippen LogP contribution in [0.3, 0.4) is 0 Å². The maximum absolute atomic E-state index is 12.4. The van der Waals surface area contributed by atoms with E-state index in [2.05, 4.69) is 41.5 Å². The van der Waals surface area contributed by atoms with Crippen molar-refractivity contribution in [3.8, 4) is 11.4 Å². The number of hydrogen-bond acceptors (Lipinski definition) is 5. The Morgan fingerprint density at radius 3 is 2.63 bits per heavy atom. The Bertz CT molecular complexity index is 968. The van der Waals surface area contributed by atoms with Gasteiger partial charge >= 0.3 is 0 Å². The van der Waals surface area contributed by atoms with E-state index in [9.17, 15) is 4.79 Å². The van der Waals surface area contributed by atoms with Crippen molar-refractivity contribution >= 4 is 23.4 Å². The second-order valence-electron chi connectivity index (χ2n) is 6.17. The van der Waals surface area contributed by atoms with E-state index in [1.807, 2.05) is 41.8 Å². The normalized spacial score (nSPS) is 10.7. The Morgan fingerprint density at radius 1 is 1.11 bits per heavy atom. The number of hydrogen-bond donors (Lipinski definition) is 1. The number of ether oxygens (including phenoxy) is 1. The van der Waals surface area contributed by atoms with Crippen LogP contribution in [0, 0.1) is 20.8 Å². The van der Waals surface area contributed by atoms with Gasteiger partial charge in [0.15, 0.2) is 5.16 Å². The number of amides is 1. The molecule has 140 valence electrons. The summed E-state index contributed by atoms with van der Waals surface area (Å²) in [4.78, 5) is 12.4. The Balaban J connectivity index is 1.73. The molecule has 0 fully saturated rings. The average molecular weight is 382 g/mol. The monoisotopic (exact) mass is 382 g/mol. The number of aromatic nitrogens is 3. The van der Waals surface area contributed by atoms with E-state index in [4.69, 9.17) is 4.74 Å². The number of thioether (sulfide) groups is 1. The molecule has 0 saturated carbocycles. The van der Waals surface area contributed by atoms with Crippen molar-refractivity contribution in [2.45, 2.75) is 25.9 Å². The van der Waals surface area contributed by atoms with Gasteiger partial charge < -0.3 is 10.1 Å². The minimum absolute atomic E-state index is 0.128. The summed E-state index contributed by atoms with van der Waals surface area (Å²) in [5.41, 5.74) is 4.07. The van der Waals surface area contributed by atoms with E-state index < -0.39 is 0 Å². The van der Waals surface area contributed by atoms with Crippen LogP contribution >= 0.6 is 11.8 Å². The van der Waals surface area contributed by atoms with Gasteiger partial charge in [0.25, 0.3) is 0 Å². The molecule has 3 rings (SSSR count). The number of rotatable bonds is 6. The summed E-state index contributed by atoms with van der Waals surface area (Å²) in [7, 11) is 1.58. The molecule has 1 amide bonds. The maximum atomic E-state index is 12.4. The number of nitrogens with one attached hydrogen (secondary N) is 1. The van der Waals surface area contributed by atoms with E-state index >= 15 is 0 Å². The predicted molar refractivity (Wildman–Crippen MR) is 108 cm³/mol. The third-order valence-electron chi connectivity index (χ3n) is 4.26. The third-order valence-corrected chi connectivity index (χ3v) is 5.19. The van der Waals surface area contributed by atoms with Gasteiger partial charge in [-0.05, 0) is 56.2 Å². The lowest BCUT2D eigenvalue weighted by atomic mass is 10.1. The number of benzene rings is 2. The van der Waals surface area contributed by atoms with Crippen molar-refractivity contribution in [2.75, 3.05) is 18.2 Å². The first-order chi connectivity index (χ1) is 13.0. The third kappa shape index (κ3) is 4.31. The molecular weight excluding hydrogens is 360 g/mol. The second kappa shape index (κ2) is 8.26. The van der Waals surface area contributed by atoms with Crippen LogP contribution in [0.4, 0.5) is 5.69 Å². The summed E-state index contributed by atoms with van der Waals surface area (Å²) < 4.78 is 7.23. The summed E-state index contributed by atoms with van der Waals surface area (Å²) in [6.07, 6.45) is 0. The van der Waals surface area contributed by atoms with Crippen LogP contribution in [0.1, 0.15) is 17.0 Å². The number of anilines is 1. The fourth-order valence-corrected chi connectivity index (χ4v) is 3.46. The zero-order chi connectivity index (χ0) is 19.4. The zero-order valence-corrected chi connectivity index (χ0v) is 16.6. The number of carbonyl (C=O) groups excluding carboxylic acids is 1. The van der Waals surface area contributed by atoms with Crippen LogP contribution < -0.4 is 10.1 Å². The van der Waals surface area contributed by atoms with Gasteiger partial charge in [-0.3, -0.25) is 9.36 Å². The first kappa shape index (κ1) is 19.0. The van der Waals surface area contributed by atoms with E-state index in [1.54, 1.807) is 7.11 Å². The molecule has 6 nitrogen and oxygen atoms in total. The lowest BCUT2D eigenvalue weighted by Gasteiger charge is -2.11. The van der Waals surface area contributed by atoms with Crippen molar-refractivity contribution < 1.29 is 9.53 Å². The minimum Gasteiger partial charge on any atom is -0.495 e. The molecule has 2 aromatic carbocycles. The molecule has 0 saturated heterocycles. The summed E-state index contributed by atoms with van der Waals surface area (Å²) in [5.74, 6) is 1.51. The van der Waals surface area contributed by atoms with Gasteiger partial charge in [-0.25, -0.2) is 0 Å². The van der Waals surface area contributed by atoms with Crippen molar-refractivity contribution in [1.82, 2.24) is 14.8 Å². The maximum Gasteiger partial charge on any atom is 0.234 e. The molecule has 3 aromatic rings. The largest absolute Gasteiger partial charge is 0.495 e. The van der Waals surface area contributed by atoms with Crippen molar-refractivity contribution in [3.63, 3.8) is 0 Å². The highest BCUT2D eigenvalue weighted by atomic mass is 32.2. The Labute approximate surface area is 163 Å². The molecule has 27 heavy (non-hydrogen) atoms. The SMILES string of the molecule is COc1ccccc1NC(=O)CSc1nnc(C)n1-c1ccc(C)c(C)c1. The first-order valence-electron chi connectivity index (χ1n) is 8.55. The van der Waals surface area contributed by atoms with Crippen LogP contribution in [-0.4, -0.2) is 33.5 Å². The quantitative estimate of drug-likeness (QED) is 0.654. The number of para-hydroxylation sites is 2. The average Bonchev–Trinajstić information content (AvgIpc) is 3.03. The summed E-state index contributed by atoms with van der Waals surface area (Å²) in [6.45, 7) is 6.06. The molecule has 0 aliphatic carbocycles. The van der Waals surface area contributed by atoms with E-state index in [0.717, 1.165) is 11.5 Å². The second-order valence-corrected chi connectivity index (χ2v) is 7.11. The van der Waals surface area contributed by atoms with Gasteiger partial charge in [0, 0.05) is 5.69 Å². The number of carbonyl (C=O) groups is 1. The highest BCUT2D eigenvalue weighted by Crippen LogP contribution is 2.25. The molecule has 0 radical (unpaired) electrons. The van der Waals surface area contributed by atoms with Crippen LogP contribution in [0.15, 0.2) is 47.6 Å². The Morgan fingerprint density at radius 2 is 1.89 bits per heavy atom. The lowest BCUT2D eigenvalue weighted by molar-refractivity contribution is -0.113. The van der Waals surface area contributed by atoms with Crippen molar-refractivity contribution in [2.24, 2.45) is 0 Å². The van der Waals surface area contributed by atoms with Crippen LogP contribution in [0.2, 0.25) is 0 Å². The summed E-state index contributed by atoms with van der Waals surface area (Å²) in [5, 5.41) is 12.0. The molecule has 0 unspecified atom stereocenters. The van der Waals surface area contributed by atoms with Crippen LogP contribution in [0.25, 0.3) is 5.69 Å². The van der Waals surface area contributed by atoms with Gasteiger partial charge in [-0.2, -0.15) is 0 Å². The zero-order valence-electron chi connectivity index (χ0n) is 15.8. The molecule has 1 N–H and O–H groups in total. The molecular formula is C20H22N4O2S. The Kier molecular flexibility index (Phi) is 5.81. The highest BCUT2D eigenvalue weighted by Gasteiger charge is 2.14. The molecule has 7 heteroatoms.